The van der Waals surface area contributed by atoms with Gasteiger partial charge in [-0.1, -0.05) is 51.2 Å². The molecular weight excluding hydrogens is 394 g/mol. The molecule has 6 atom stereocenters. The van der Waals surface area contributed by atoms with E-state index in [-0.39, 0.29) is 6.10 Å². The predicted octanol–water partition coefficient (Wildman–Crippen LogP) is 6.95. The Bertz CT molecular complexity index is 678. The minimum atomic E-state index is 0.200. The summed E-state index contributed by atoms with van der Waals surface area (Å²) in [7, 11) is 4.47. The van der Waals surface area contributed by atoms with Crippen LogP contribution in [0.4, 0.5) is 11.4 Å². The van der Waals surface area contributed by atoms with Gasteiger partial charge < -0.3 is 9.64 Å². The van der Waals surface area contributed by atoms with E-state index < -0.39 is 0 Å². The number of hydrogen-bond donors (Lipinski definition) is 0. The van der Waals surface area contributed by atoms with Gasteiger partial charge in [-0.3, -0.25) is 9.89 Å². The molecule has 32 heavy (non-hydrogen) atoms. The maximum Gasteiger partial charge on any atom is 0.0855 e. The zero-order chi connectivity index (χ0) is 23.7. The van der Waals surface area contributed by atoms with E-state index in [1.165, 1.54) is 38.5 Å². The van der Waals surface area contributed by atoms with Crippen molar-refractivity contribution in [1.82, 2.24) is 4.90 Å². The van der Waals surface area contributed by atoms with E-state index >= 15 is 0 Å². The molecule has 1 aromatic rings. The van der Waals surface area contributed by atoms with Crippen molar-refractivity contribution in [3.8, 4) is 0 Å². The van der Waals surface area contributed by atoms with Crippen molar-refractivity contribution in [2.45, 2.75) is 104 Å². The lowest BCUT2D eigenvalue weighted by molar-refractivity contribution is -0.00785. The molecule has 0 aromatic heterocycles. The molecule has 6 unspecified atom stereocenters. The Morgan fingerprint density at radius 2 is 1.84 bits per heavy atom. The molecule has 4 nitrogen and oxygen atoms in total. The number of anilines is 1. The van der Waals surface area contributed by atoms with Crippen LogP contribution in [-0.2, 0) is 4.74 Å². The second-order valence-corrected chi connectivity index (χ2v) is 10.2. The van der Waals surface area contributed by atoms with E-state index in [9.17, 15) is 0 Å². The van der Waals surface area contributed by atoms with Gasteiger partial charge in [-0.05, 0) is 78.3 Å². The van der Waals surface area contributed by atoms with Crippen LogP contribution in [0.2, 0.25) is 0 Å². The topological polar surface area (TPSA) is 28.1 Å². The summed E-state index contributed by atoms with van der Waals surface area (Å²) < 4.78 is 6.12. The molecule has 4 heteroatoms. The number of benzene rings is 1. The van der Waals surface area contributed by atoms with Gasteiger partial charge in [0, 0.05) is 31.8 Å². The molecule has 0 N–H and O–H groups in total. The zero-order valence-electron chi connectivity index (χ0n) is 21.9. The van der Waals surface area contributed by atoms with Gasteiger partial charge in [-0.2, -0.15) is 0 Å². The smallest absolute Gasteiger partial charge is 0.0855 e. The van der Waals surface area contributed by atoms with E-state index in [0.29, 0.717) is 18.1 Å². The van der Waals surface area contributed by atoms with Gasteiger partial charge in [-0.15, -0.1) is 0 Å². The third kappa shape index (κ3) is 7.31. The maximum atomic E-state index is 6.12. The number of likely N-dealkylation sites (N-methyl/N-ethyl adjacent to an activating group) is 1. The second-order valence-electron chi connectivity index (χ2n) is 10.2. The van der Waals surface area contributed by atoms with Gasteiger partial charge in [0.2, 0.25) is 0 Å². The van der Waals surface area contributed by atoms with Crippen LogP contribution >= 0.6 is 0 Å². The Hall–Kier alpha value is -1.39. The van der Waals surface area contributed by atoms with Crippen LogP contribution in [0.3, 0.4) is 0 Å². The van der Waals surface area contributed by atoms with Crippen LogP contribution in [-0.4, -0.2) is 56.5 Å². The largest absolute Gasteiger partial charge is 0.377 e. The third-order valence-corrected chi connectivity index (χ3v) is 8.10. The highest BCUT2D eigenvalue weighted by Crippen LogP contribution is 2.35. The summed E-state index contributed by atoms with van der Waals surface area (Å²) in [5.74, 6) is 1.89. The highest BCUT2D eigenvalue weighted by Gasteiger charge is 2.29. The highest BCUT2D eigenvalue weighted by atomic mass is 16.5. The Morgan fingerprint density at radius 3 is 2.47 bits per heavy atom. The monoisotopic (exact) mass is 443 g/mol. The molecule has 2 rings (SSSR count). The summed E-state index contributed by atoms with van der Waals surface area (Å²) in [6.07, 6.45) is 9.56. The minimum Gasteiger partial charge on any atom is -0.377 e. The molecule has 0 saturated heterocycles. The number of aliphatic imine (C=N–C) groups is 1. The first-order valence-electron chi connectivity index (χ1n) is 12.9. The van der Waals surface area contributed by atoms with Crippen molar-refractivity contribution in [2.24, 2.45) is 16.8 Å². The van der Waals surface area contributed by atoms with E-state index in [0.717, 1.165) is 36.2 Å². The minimum absolute atomic E-state index is 0.200. The van der Waals surface area contributed by atoms with Crippen LogP contribution in [0.25, 0.3) is 0 Å². The first-order valence-corrected chi connectivity index (χ1v) is 12.9. The van der Waals surface area contributed by atoms with Crippen molar-refractivity contribution < 1.29 is 4.74 Å². The summed E-state index contributed by atoms with van der Waals surface area (Å²) in [6.45, 7) is 16.0. The number of para-hydroxylation sites is 2. The van der Waals surface area contributed by atoms with E-state index in [1.807, 2.05) is 12.1 Å². The van der Waals surface area contributed by atoms with Crippen molar-refractivity contribution in [2.75, 3.05) is 25.6 Å². The Morgan fingerprint density at radius 1 is 1.12 bits per heavy atom. The molecule has 182 valence electrons. The number of rotatable bonds is 14. The standard InChI is InChI=1S/C28H49N3O/c1-9-32-24(5)28(20-23(4)31(8)27-19-11-10-18-26(27)29-6)30(7)22(3)15-13-17-25-16-12-14-21(25)2/h10-11,18-19,21-25,28H,6,9,12-17,20H2,1-5,7-8H3. The van der Waals surface area contributed by atoms with Gasteiger partial charge in [0.05, 0.1) is 17.5 Å². The molecule has 0 aliphatic heterocycles. The van der Waals surface area contributed by atoms with Gasteiger partial charge in [-0.25, -0.2) is 0 Å². The summed E-state index contributed by atoms with van der Waals surface area (Å²) in [4.78, 5) is 9.15. The summed E-state index contributed by atoms with van der Waals surface area (Å²) in [6, 6.07) is 9.56. The predicted molar refractivity (Wildman–Crippen MR) is 141 cm³/mol. The first kappa shape index (κ1) is 26.9. The van der Waals surface area contributed by atoms with Crippen LogP contribution in [0.15, 0.2) is 29.3 Å². The molecule has 1 saturated carbocycles. The molecule has 1 fully saturated rings. The molecular formula is C28H49N3O. The quantitative estimate of drug-likeness (QED) is 0.291. The van der Waals surface area contributed by atoms with Crippen LogP contribution in [0, 0.1) is 11.8 Å². The van der Waals surface area contributed by atoms with Gasteiger partial charge in [0.1, 0.15) is 0 Å². The Balaban J connectivity index is 2.01. The van der Waals surface area contributed by atoms with E-state index in [1.54, 1.807) is 0 Å². The van der Waals surface area contributed by atoms with Crippen molar-refractivity contribution in [3.05, 3.63) is 24.3 Å². The average Bonchev–Trinajstić information content (AvgIpc) is 3.20. The number of hydrogen-bond acceptors (Lipinski definition) is 4. The molecule has 0 bridgehead atoms. The van der Waals surface area contributed by atoms with Crippen LogP contribution in [0.1, 0.15) is 79.6 Å². The van der Waals surface area contributed by atoms with Gasteiger partial charge in [0.25, 0.3) is 0 Å². The lowest BCUT2D eigenvalue weighted by atomic mass is 9.91. The Kier molecular flexibility index (Phi) is 11.2. The van der Waals surface area contributed by atoms with Crippen molar-refractivity contribution in [1.29, 1.82) is 0 Å². The lowest BCUT2D eigenvalue weighted by Gasteiger charge is -2.40. The van der Waals surface area contributed by atoms with Crippen molar-refractivity contribution in [3.63, 3.8) is 0 Å². The molecule has 1 aliphatic rings. The summed E-state index contributed by atoms with van der Waals surface area (Å²) in [5.41, 5.74) is 2.08. The maximum absolute atomic E-state index is 6.12. The zero-order valence-corrected chi connectivity index (χ0v) is 21.9. The second kappa shape index (κ2) is 13.3. The first-order chi connectivity index (χ1) is 15.3. The van der Waals surface area contributed by atoms with Crippen LogP contribution in [0.5, 0.6) is 0 Å². The number of ether oxygens (including phenoxy) is 1. The lowest BCUT2D eigenvalue weighted by Crippen LogP contribution is -2.49. The highest BCUT2D eigenvalue weighted by molar-refractivity contribution is 5.68. The Labute approximate surface area is 198 Å². The normalized spacial score (nSPS) is 22.5. The van der Waals surface area contributed by atoms with Gasteiger partial charge in [0.15, 0.2) is 0 Å². The average molecular weight is 444 g/mol. The SMILES string of the molecule is C=Nc1ccccc1N(C)C(C)CC(C(C)OCC)N(C)C(C)CCCC1CCCC1C. The van der Waals surface area contributed by atoms with E-state index in [2.05, 4.69) is 82.4 Å². The molecule has 0 heterocycles. The molecule has 0 radical (unpaired) electrons. The number of nitrogens with zero attached hydrogens (tertiary/aromatic N) is 3. The molecule has 0 spiro atoms. The summed E-state index contributed by atoms with van der Waals surface area (Å²) in [5, 5.41) is 0. The molecule has 1 aliphatic carbocycles. The van der Waals surface area contributed by atoms with Crippen molar-refractivity contribution >= 4 is 18.1 Å². The fraction of sp³-hybridized carbons (Fsp3) is 0.750. The summed E-state index contributed by atoms with van der Waals surface area (Å²) >= 11 is 0. The molecule has 1 aromatic carbocycles. The third-order valence-electron chi connectivity index (χ3n) is 8.10. The van der Waals surface area contributed by atoms with E-state index in [4.69, 9.17) is 4.74 Å². The fourth-order valence-electron chi connectivity index (χ4n) is 5.56. The van der Waals surface area contributed by atoms with Crippen LogP contribution < -0.4 is 4.90 Å². The molecule has 0 amide bonds. The fourth-order valence-corrected chi connectivity index (χ4v) is 5.56. The van der Waals surface area contributed by atoms with Gasteiger partial charge >= 0.3 is 0 Å².